The van der Waals surface area contributed by atoms with E-state index in [1.165, 1.54) is 24.3 Å². The van der Waals surface area contributed by atoms with Crippen molar-refractivity contribution in [1.29, 1.82) is 0 Å². The third kappa shape index (κ3) is 6.84. The van der Waals surface area contributed by atoms with E-state index < -0.39 is 11.9 Å². The molecule has 2 aromatic rings. The van der Waals surface area contributed by atoms with E-state index in [1.807, 2.05) is 6.92 Å². The number of hydrogen-bond acceptors (Lipinski definition) is 6. The maximum atomic E-state index is 11.3. The number of carbonyl (C=O) groups excluding carboxylic acids is 2. The Morgan fingerprint density at radius 3 is 1.77 bits per heavy atom. The zero-order chi connectivity index (χ0) is 19.5. The first-order valence-corrected chi connectivity index (χ1v) is 8.30. The van der Waals surface area contributed by atoms with Gasteiger partial charge in [0.25, 0.3) is 0 Å². The van der Waals surface area contributed by atoms with E-state index >= 15 is 0 Å². The number of ether oxygens (including phenoxy) is 2. The molecule has 2 rings (SSSR count). The fourth-order valence-corrected chi connectivity index (χ4v) is 1.84. The highest BCUT2D eigenvalue weighted by Gasteiger charge is 2.12. The number of benzene rings is 2. The normalized spacial score (nSPS) is 9.85. The van der Waals surface area contributed by atoms with Gasteiger partial charge in [-0.1, -0.05) is 31.2 Å². The molecule has 0 radical (unpaired) electrons. The van der Waals surface area contributed by atoms with Crippen LogP contribution in [0.3, 0.4) is 0 Å². The fourth-order valence-electron chi connectivity index (χ4n) is 1.84. The number of phenolic OH excluding ortho intramolecular Hbond substituents is 2. The van der Waals surface area contributed by atoms with Gasteiger partial charge in [0.2, 0.25) is 0 Å². The minimum Gasteiger partial charge on any atom is -0.507 e. The van der Waals surface area contributed by atoms with Crippen LogP contribution in [0.5, 0.6) is 11.5 Å². The van der Waals surface area contributed by atoms with Crippen LogP contribution in [0.15, 0.2) is 48.5 Å². The van der Waals surface area contributed by atoms with Crippen LogP contribution in [0.2, 0.25) is 0 Å². The lowest BCUT2D eigenvalue weighted by Crippen LogP contribution is -2.11. The number of para-hydroxylation sites is 2. The van der Waals surface area contributed by atoms with Gasteiger partial charge in [0, 0.05) is 0 Å². The first-order valence-electron chi connectivity index (χ1n) is 8.30. The maximum absolute atomic E-state index is 11.3. The highest BCUT2D eigenvalue weighted by atomic mass is 16.5. The lowest BCUT2D eigenvalue weighted by Gasteiger charge is -2.08. The monoisotopic (exact) mass is 360 g/mol. The van der Waals surface area contributed by atoms with Crippen molar-refractivity contribution >= 4 is 11.9 Å². The van der Waals surface area contributed by atoms with Crippen LogP contribution in [0.25, 0.3) is 0 Å². The van der Waals surface area contributed by atoms with Crippen LogP contribution in [0, 0.1) is 0 Å². The predicted octanol–water partition coefficient (Wildman–Crippen LogP) is 3.92. The zero-order valence-corrected chi connectivity index (χ0v) is 15.1. The Balaban J connectivity index is 0.000000260. The van der Waals surface area contributed by atoms with Crippen molar-refractivity contribution in [2.45, 2.75) is 33.3 Å². The van der Waals surface area contributed by atoms with Gasteiger partial charge in [0.15, 0.2) is 0 Å². The second kappa shape index (κ2) is 10.8. The summed E-state index contributed by atoms with van der Waals surface area (Å²) in [5.41, 5.74) is 0.423. The molecule has 0 aliphatic rings. The first-order chi connectivity index (χ1) is 12.4. The summed E-state index contributed by atoms with van der Waals surface area (Å²) in [6.07, 6.45) is 0.603. The molecule has 26 heavy (non-hydrogen) atoms. The van der Waals surface area contributed by atoms with Crippen LogP contribution in [-0.4, -0.2) is 34.9 Å². The summed E-state index contributed by atoms with van der Waals surface area (Å²) in [5.74, 6) is -1.05. The SMILES string of the molecule is CC(C)OC(=O)c1ccccc1O.CCCOC(=O)c1ccccc1O. The Morgan fingerprint density at radius 1 is 0.885 bits per heavy atom. The topological polar surface area (TPSA) is 93.1 Å². The van der Waals surface area contributed by atoms with Crippen LogP contribution < -0.4 is 0 Å². The summed E-state index contributed by atoms with van der Waals surface area (Å²) in [6.45, 7) is 5.82. The predicted molar refractivity (Wildman–Crippen MR) is 97.3 cm³/mol. The maximum Gasteiger partial charge on any atom is 0.342 e. The van der Waals surface area contributed by atoms with Crippen molar-refractivity contribution in [2.75, 3.05) is 6.61 Å². The van der Waals surface area contributed by atoms with Crippen molar-refractivity contribution in [2.24, 2.45) is 0 Å². The molecular weight excluding hydrogens is 336 g/mol. The Labute approximate surface area is 153 Å². The van der Waals surface area contributed by atoms with Gasteiger partial charge < -0.3 is 19.7 Å². The van der Waals surface area contributed by atoms with Gasteiger partial charge in [0.05, 0.1) is 12.7 Å². The molecule has 0 saturated heterocycles. The van der Waals surface area contributed by atoms with Gasteiger partial charge in [-0.15, -0.1) is 0 Å². The van der Waals surface area contributed by atoms with Gasteiger partial charge in [0.1, 0.15) is 22.6 Å². The molecule has 6 nitrogen and oxygen atoms in total. The lowest BCUT2D eigenvalue weighted by atomic mass is 10.2. The minimum absolute atomic E-state index is 0.0383. The number of esters is 2. The quantitative estimate of drug-likeness (QED) is 0.785. The molecule has 0 aliphatic carbocycles. The van der Waals surface area contributed by atoms with E-state index in [0.717, 1.165) is 6.42 Å². The van der Waals surface area contributed by atoms with E-state index in [2.05, 4.69) is 0 Å². The van der Waals surface area contributed by atoms with E-state index in [0.29, 0.717) is 6.61 Å². The zero-order valence-electron chi connectivity index (χ0n) is 15.1. The number of rotatable bonds is 5. The highest BCUT2D eigenvalue weighted by Crippen LogP contribution is 2.17. The third-order valence-corrected chi connectivity index (χ3v) is 3.03. The summed E-state index contributed by atoms with van der Waals surface area (Å²) in [4.78, 5) is 22.5. The molecule has 0 bridgehead atoms. The fraction of sp³-hybridized carbons (Fsp3) is 0.300. The Morgan fingerprint density at radius 2 is 1.35 bits per heavy atom. The molecule has 0 aromatic heterocycles. The Kier molecular flexibility index (Phi) is 8.70. The average molecular weight is 360 g/mol. The molecule has 0 fully saturated rings. The van der Waals surface area contributed by atoms with E-state index in [-0.39, 0.29) is 28.7 Å². The van der Waals surface area contributed by atoms with Crippen LogP contribution in [0.1, 0.15) is 47.9 Å². The molecule has 140 valence electrons. The molecule has 2 N–H and O–H groups in total. The van der Waals surface area contributed by atoms with Gasteiger partial charge in [-0.3, -0.25) is 0 Å². The molecule has 0 aliphatic heterocycles. The smallest absolute Gasteiger partial charge is 0.342 e. The third-order valence-electron chi connectivity index (χ3n) is 3.03. The van der Waals surface area contributed by atoms with Gasteiger partial charge in [-0.2, -0.15) is 0 Å². The van der Waals surface area contributed by atoms with Crippen molar-refractivity contribution in [1.82, 2.24) is 0 Å². The van der Waals surface area contributed by atoms with Crippen LogP contribution in [0.4, 0.5) is 0 Å². The molecule has 0 atom stereocenters. The second-order valence-corrected chi connectivity index (χ2v) is 5.62. The second-order valence-electron chi connectivity index (χ2n) is 5.62. The molecule has 0 unspecified atom stereocenters. The summed E-state index contributed by atoms with van der Waals surface area (Å²) in [7, 11) is 0. The number of carbonyl (C=O) groups is 2. The summed E-state index contributed by atoms with van der Waals surface area (Å²) in [6, 6.07) is 12.7. The summed E-state index contributed by atoms with van der Waals surface area (Å²) in [5, 5.41) is 18.6. The Bertz CT molecular complexity index is 724. The van der Waals surface area contributed by atoms with E-state index in [1.54, 1.807) is 38.1 Å². The van der Waals surface area contributed by atoms with E-state index in [9.17, 15) is 19.8 Å². The van der Waals surface area contributed by atoms with Crippen molar-refractivity contribution in [3.8, 4) is 11.5 Å². The van der Waals surface area contributed by atoms with Crippen molar-refractivity contribution in [3.05, 3.63) is 59.7 Å². The van der Waals surface area contributed by atoms with Crippen molar-refractivity contribution in [3.63, 3.8) is 0 Å². The largest absolute Gasteiger partial charge is 0.507 e. The summed E-state index contributed by atoms with van der Waals surface area (Å²) >= 11 is 0. The molecular formula is C20H24O6. The van der Waals surface area contributed by atoms with Gasteiger partial charge in [-0.25, -0.2) is 9.59 Å². The molecule has 2 aromatic carbocycles. The number of phenols is 2. The van der Waals surface area contributed by atoms with Crippen LogP contribution in [-0.2, 0) is 9.47 Å². The van der Waals surface area contributed by atoms with Gasteiger partial charge >= 0.3 is 11.9 Å². The average Bonchev–Trinajstić information content (AvgIpc) is 2.60. The lowest BCUT2D eigenvalue weighted by molar-refractivity contribution is 0.0374. The van der Waals surface area contributed by atoms with Gasteiger partial charge in [-0.05, 0) is 44.5 Å². The van der Waals surface area contributed by atoms with Crippen LogP contribution >= 0.6 is 0 Å². The summed E-state index contributed by atoms with van der Waals surface area (Å²) < 4.78 is 9.78. The molecule has 0 saturated carbocycles. The molecule has 0 heterocycles. The molecule has 0 amide bonds. The van der Waals surface area contributed by atoms with E-state index in [4.69, 9.17) is 9.47 Å². The van der Waals surface area contributed by atoms with Crippen molar-refractivity contribution < 1.29 is 29.3 Å². The standard InChI is InChI=1S/2C10H12O3/c1-7(2)13-10(12)8-5-3-4-6-9(8)11;1-2-7-13-10(12)8-5-3-4-6-9(8)11/h3-7,11H,1-2H3;3-6,11H,2,7H2,1H3. The minimum atomic E-state index is -0.492. The highest BCUT2D eigenvalue weighted by molar-refractivity contribution is 5.92. The molecule has 0 spiro atoms. The molecule has 6 heteroatoms. The Hall–Kier alpha value is -3.02. The number of aromatic hydroxyl groups is 2. The first kappa shape index (κ1) is 21.0. The number of hydrogen-bond donors (Lipinski definition) is 2.